The monoisotopic (exact) mass is 221 g/mol. The first-order valence-corrected chi connectivity index (χ1v) is 5.61. The summed E-state index contributed by atoms with van der Waals surface area (Å²) in [4.78, 5) is 11.3. The van der Waals surface area contributed by atoms with Gasteiger partial charge < -0.3 is 10.4 Å². The van der Waals surface area contributed by atoms with Crippen molar-refractivity contribution in [2.75, 3.05) is 12.5 Å². The zero-order valence-corrected chi connectivity index (χ0v) is 9.68. The first kappa shape index (κ1) is 13.7. The van der Waals surface area contributed by atoms with Crippen LogP contribution in [0.15, 0.2) is 0 Å². The minimum absolute atomic E-state index is 0.00108. The highest BCUT2D eigenvalue weighted by atomic mass is 35.5. The molecule has 84 valence electrons. The first-order valence-electron chi connectivity index (χ1n) is 5.08. The molecule has 0 radical (unpaired) electrons. The van der Waals surface area contributed by atoms with E-state index in [0.717, 1.165) is 12.8 Å². The van der Waals surface area contributed by atoms with E-state index >= 15 is 0 Å². The highest BCUT2D eigenvalue weighted by Crippen LogP contribution is 2.02. The predicted molar refractivity (Wildman–Crippen MR) is 58.4 cm³/mol. The Morgan fingerprint density at radius 3 is 2.50 bits per heavy atom. The molecule has 0 unspecified atom stereocenters. The molecule has 2 N–H and O–H groups in total. The Labute approximate surface area is 90.8 Å². The molecule has 0 fully saturated rings. The van der Waals surface area contributed by atoms with Crippen LogP contribution in [-0.4, -0.2) is 29.5 Å². The lowest BCUT2D eigenvalue weighted by Crippen LogP contribution is -2.41. The van der Waals surface area contributed by atoms with Gasteiger partial charge in [-0.1, -0.05) is 13.8 Å². The number of hydrogen-bond donors (Lipinski definition) is 2. The van der Waals surface area contributed by atoms with E-state index in [1.807, 2.05) is 13.8 Å². The highest BCUT2D eigenvalue weighted by molar-refractivity contribution is 6.17. The summed E-state index contributed by atoms with van der Waals surface area (Å²) >= 11 is 5.50. The van der Waals surface area contributed by atoms with Crippen LogP contribution >= 0.6 is 11.6 Å². The summed E-state index contributed by atoms with van der Waals surface area (Å²) < 4.78 is 0. The number of aliphatic hydroxyl groups excluding tert-OH is 1. The van der Waals surface area contributed by atoms with Gasteiger partial charge in [0.25, 0.3) is 0 Å². The summed E-state index contributed by atoms with van der Waals surface area (Å²) in [6.07, 6.45) is 2.17. The fourth-order valence-corrected chi connectivity index (χ4v) is 1.27. The van der Waals surface area contributed by atoms with Gasteiger partial charge in [-0.15, -0.1) is 11.6 Å². The van der Waals surface area contributed by atoms with E-state index in [0.29, 0.717) is 12.3 Å². The lowest BCUT2D eigenvalue weighted by atomic mass is 10.1. The number of amides is 1. The third-order valence-electron chi connectivity index (χ3n) is 2.14. The molecule has 0 saturated carbocycles. The molecule has 14 heavy (non-hydrogen) atoms. The number of rotatable bonds is 7. The molecule has 0 aliphatic carbocycles. The molecule has 0 bridgehead atoms. The molecule has 0 aliphatic rings. The number of hydrogen-bond acceptors (Lipinski definition) is 2. The Morgan fingerprint density at radius 1 is 1.43 bits per heavy atom. The maximum absolute atomic E-state index is 11.3. The highest BCUT2D eigenvalue weighted by Gasteiger charge is 2.14. The van der Waals surface area contributed by atoms with Crippen molar-refractivity contribution in [2.45, 2.75) is 39.2 Å². The van der Waals surface area contributed by atoms with Gasteiger partial charge in [-0.25, -0.2) is 0 Å². The van der Waals surface area contributed by atoms with E-state index in [9.17, 15) is 4.79 Å². The average Bonchev–Trinajstić information content (AvgIpc) is 2.14. The van der Waals surface area contributed by atoms with Crippen LogP contribution in [-0.2, 0) is 4.79 Å². The quantitative estimate of drug-likeness (QED) is 0.506. The third kappa shape index (κ3) is 6.22. The van der Waals surface area contributed by atoms with E-state index < -0.39 is 0 Å². The van der Waals surface area contributed by atoms with Crippen molar-refractivity contribution >= 4 is 17.5 Å². The summed E-state index contributed by atoms with van der Waals surface area (Å²) in [5.74, 6) is 0.862. The number of carbonyl (C=O) groups is 1. The van der Waals surface area contributed by atoms with Crippen LogP contribution in [0.3, 0.4) is 0 Å². The van der Waals surface area contributed by atoms with Crippen molar-refractivity contribution in [2.24, 2.45) is 5.92 Å². The smallest absolute Gasteiger partial charge is 0.220 e. The van der Waals surface area contributed by atoms with Crippen LogP contribution in [0, 0.1) is 5.92 Å². The van der Waals surface area contributed by atoms with Gasteiger partial charge in [-0.2, -0.15) is 0 Å². The van der Waals surface area contributed by atoms with Gasteiger partial charge in [-0.05, 0) is 18.8 Å². The van der Waals surface area contributed by atoms with Crippen molar-refractivity contribution in [3.05, 3.63) is 0 Å². The second-order valence-corrected chi connectivity index (χ2v) is 4.12. The molecular formula is C10H20ClNO2. The van der Waals surface area contributed by atoms with Crippen LogP contribution in [0.1, 0.15) is 33.1 Å². The van der Waals surface area contributed by atoms with Gasteiger partial charge in [0.15, 0.2) is 0 Å². The van der Waals surface area contributed by atoms with Crippen LogP contribution in [0.4, 0.5) is 0 Å². The van der Waals surface area contributed by atoms with Crippen molar-refractivity contribution in [3.8, 4) is 0 Å². The molecule has 4 heteroatoms. The predicted octanol–water partition coefficient (Wildman–Crippen LogP) is 1.53. The molecular weight excluding hydrogens is 202 g/mol. The minimum atomic E-state index is -0.126. The second kappa shape index (κ2) is 8.06. The normalized spacial score (nSPS) is 12.9. The minimum Gasteiger partial charge on any atom is -0.394 e. The van der Waals surface area contributed by atoms with E-state index in [4.69, 9.17) is 16.7 Å². The molecule has 0 spiro atoms. The average molecular weight is 222 g/mol. The van der Waals surface area contributed by atoms with Gasteiger partial charge in [0.05, 0.1) is 12.6 Å². The SMILES string of the molecule is CC(C)[C@@H](CO)NC(=O)CCCCCl. The first-order chi connectivity index (χ1) is 6.61. The molecule has 0 heterocycles. The summed E-state index contributed by atoms with van der Waals surface area (Å²) in [5.41, 5.74) is 0. The number of nitrogens with one attached hydrogen (secondary N) is 1. The summed E-state index contributed by atoms with van der Waals surface area (Å²) in [6.45, 7) is 3.94. The number of alkyl halides is 1. The Hall–Kier alpha value is -0.280. The summed E-state index contributed by atoms with van der Waals surface area (Å²) in [6, 6.07) is -0.126. The Morgan fingerprint density at radius 2 is 2.07 bits per heavy atom. The second-order valence-electron chi connectivity index (χ2n) is 3.75. The molecule has 0 aromatic rings. The van der Waals surface area contributed by atoms with Gasteiger partial charge in [0.1, 0.15) is 0 Å². The van der Waals surface area contributed by atoms with Gasteiger partial charge in [0, 0.05) is 12.3 Å². The topological polar surface area (TPSA) is 49.3 Å². The molecule has 1 atom stereocenters. The van der Waals surface area contributed by atoms with Gasteiger partial charge in [-0.3, -0.25) is 4.79 Å². The van der Waals surface area contributed by atoms with Gasteiger partial charge in [0.2, 0.25) is 5.91 Å². The molecule has 0 aromatic carbocycles. The summed E-state index contributed by atoms with van der Waals surface area (Å²) in [7, 11) is 0. The fourth-order valence-electron chi connectivity index (χ4n) is 1.08. The van der Waals surface area contributed by atoms with Crippen molar-refractivity contribution in [1.29, 1.82) is 0 Å². The van der Waals surface area contributed by atoms with Crippen LogP contribution in [0.25, 0.3) is 0 Å². The molecule has 3 nitrogen and oxygen atoms in total. The standard InChI is InChI=1S/C10H20ClNO2/c1-8(2)9(7-13)12-10(14)5-3-4-6-11/h8-9,13H,3-7H2,1-2H3,(H,12,14)/t9-/m1/s1. The zero-order chi connectivity index (χ0) is 11.0. The van der Waals surface area contributed by atoms with Crippen molar-refractivity contribution < 1.29 is 9.90 Å². The molecule has 0 aromatic heterocycles. The molecule has 0 rings (SSSR count). The largest absolute Gasteiger partial charge is 0.394 e. The fraction of sp³-hybridized carbons (Fsp3) is 0.900. The lowest BCUT2D eigenvalue weighted by Gasteiger charge is -2.19. The number of halogens is 1. The van der Waals surface area contributed by atoms with Crippen LogP contribution in [0.5, 0.6) is 0 Å². The van der Waals surface area contributed by atoms with Crippen molar-refractivity contribution in [3.63, 3.8) is 0 Å². The Balaban J connectivity index is 3.68. The number of carbonyl (C=O) groups excluding carboxylic acids is 1. The van der Waals surface area contributed by atoms with Crippen molar-refractivity contribution in [1.82, 2.24) is 5.32 Å². The van der Waals surface area contributed by atoms with E-state index in [1.54, 1.807) is 0 Å². The lowest BCUT2D eigenvalue weighted by molar-refractivity contribution is -0.122. The maximum Gasteiger partial charge on any atom is 0.220 e. The molecule has 0 aliphatic heterocycles. The van der Waals surface area contributed by atoms with E-state index in [-0.39, 0.29) is 24.5 Å². The van der Waals surface area contributed by atoms with Gasteiger partial charge >= 0.3 is 0 Å². The molecule has 0 saturated heterocycles. The summed E-state index contributed by atoms with van der Waals surface area (Å²) in [5, 5.41) is 11.8. The zero-order valence-electron chi connectivity index (χ0n) is 8.92. The van der Waals surface area contributed by atoms with Crippen LogP contribution in [0.2, 0.25) is 0 Å². The Kier molecular flexibility index (Phi) is 7.90. The Bertz CT molecular complexity index is 162. The maximum atomic E-state index is 11.3. The number of aliphatic hydroxyl groups is 1. The van der Waals surface area contributed by atoms with Crippen LogP contribution < -0.4 is 5.32 Å². The van der Waals surface area contributed by atoms with E-state index in [1.165, 1.54) is 0 Å². The third-order valence-corrected chi connectivity index (χ3v) is 2.40. The van der Waals surface area contributed by atoms with E-state index in [2.05, 4.69) is 5.32 Å². The molecule has 1 amide bonds. The number of unbranched alkanes of at least 4 members (excludes halogenated alkanes) is 1.